The predicted octanol–water partition coefficient (Wildman–Crippen LogP) is 8.07. The second kappa shape index (κ2) is 6.62. The van der Waals surface area contributed by atoms with E-state index in [1.54, 1.807) is 12.3 Å². The minimum absolute atomic E-state index is 0.0578. The van der Waals surface area contributed by atoms with E-state index in [2.05, 4.69) is 31.0 Å². The molecular formula is C27H23F3N2O. The zero-order chi connectivity index (χ0) is 23.1. The van der Waals surface area contributed by atoms with Gasteiger partial charge in [-0.1, -0.05) is 38.1 Å². The molecule has 1 aliphatic rings. The predicted molar refractivity (Wildman–Crippen MR) is 125 cm³/mol. The van der Waals surface area contributed by atoms with Gasteiger partial charge in [-0.05, 0) is 60.4 Å². The van der Waals surface area contributed by atoms with Gasteiger partial charge in [-0.2, -0.15) is 13.2 Å². The van der Waals surface area contributed by atoms with E-state index in [1.807, 2.05) is 6.92 Å². The lowest BCUT2D eigenvalue weighted by molar-refractivity contribution is -0.137. The van der Waals surface area contributed by atoms with Gasteiger partial charge < -0.3 is 9.40 Å². The third kappa shape index (κ3) is 2.93. The fourth-order valence-corrected chi connectivity index (χ4v) is 5.51. The fraction of sp³-hybridized carbons (Fsp3) is 0.296. The Morgan fingerprint density at radius 2 is 1.91 bits per heavy atom. The van der Waals surface area contributed by atoms with Crippen molar-refractivity contribution in [3.05, 3.63) is 64.9 Å². The number of halogens is 3. The highest BCUT2D eigenvalue weighted by atomic mass is 19.4. The Morgan fingerprint density at radius 3 is 2.70 bits per heavy atom. The van der Waals surface area contributed by atoms with Crippen LogP contribution in [0.2, 0.25) is 0 Å². The first-order valence-corrected chi connectivity index (χ1v) is 11.2. The molecule has 0 amide bonds. The molecular weight excluding hydrogens is 425 g/mol. The molecule has 6 rings (SSSR count). The van der Waals surface area contributed by atoms with Crippen LogP contribution in [0.25, 0.3) is 44.2 Å². The molecule has 0 aliphatic heterocycles. The van der Waals surface area contributed by atoms with Crippen molar-refractivity contribution in [1.82, 2.24) is 9.97 Å². The van der Waals surface area contributed by atoms with Crippen LogP contribution in [-0.4, -0.2) is 9.97 Å². The molecule has 168 valence electrons. The zero-order valence-corrected chi connectivity index (χ0v) is 18.7. The Balaban J connectivity index is 1.73. The average molecular weight is 448 g/mol. The van der Waals surface area contributed by atoms with E-state index in [0.29, 0.717) is 11.4 Å². The molecule has 0 spiro atoms. The summed E-state index contributed by atoms with van der Waals surface area (Å²) in [4.78, 5) is 8.24. The van der Waals surface area contributed by atoms with Crippen LogP contribution >= 0.6 is 0 Å². The number of imidazole rings is 1. The molecule has 1 aliphatic carbocycles. The Bertz CT molecular complexity index is 1570. The highest BCUT2D eigenvalue weighted by Crippen LogP contribution is 2.45. The van der Waals surface area contributed by atoms with Crippen molar-refractivity contribution >= 4 is 32.8 Å². The molecule has 0 radical (unpaired) electrons. The van der Waals surface area contributed by atoms with Crippen LogP contribution in [0.4, 0.5) is 13.2 Å². The number of nitrogens with zero attached hydrogens (tertiary/aromatic N) is 1. The van der Waals surface area contributed by atoms with Crippen LogP contribution in [-0.2, 0) is 18.0 Å². The van der Waals surface area contributed by atoms with Gasteiger partial charge >= 0.3 is 6.18 Å². The van der Waals surface area contributed by atoms with Crippen molar-refractivity contribution in [3.63, 3.8) is 0 Å². The largest absolute Gasteiger partial charge is 0.463 e. The second-order valence-electron chi connectivity index (χ2n) is 9.76. The van der Waals surface area contributed by atoms with Crippen LogP contribution in [0.15, 0.2) is 47.1 Å². The summed E-state index contributed by atoms with van der Waals surface area (Å²) in [6.07, 6.45) is 0.473. The number of alkyl halides is 3. The fourth-order valence-electron chi connectivity index (χ4n) is 5.51. The highest BCUT2D eigenvalue weighted by molar-refractivity contribution is 6.23. The van der Waals surface area contributed by atoms with Gasteiger partial charge in [-0.15, -0.1) is 0 Å². The van der Waals surface area contributed by atoms with Crippen molar-refractivity contribution in [2.75, 3.05) is 0 Å². The molecule has 0 atom stereocenters. The minimum Gasteiger partial charge on any atom is -0.463 e. The van der Waals surface area contributed by atoms with E-state index in [1.165, 1.54) is 17.2 Å². The number of aromatic amines is 1. The van der Waals surface area contributed by atoms with Gasteiger partial charge in [0.05, 0.1) is 22.9 Å². The minimum atomic E-state index is -4.41. The summed E-state index contributed by atoms with van der Waals surface area (Å²) in [6, 6.07) is 9.64. The first kappa shape index (κ1) is 20.3. The summed E-state index contributed by atoms with van der Waals surface area (Å²) in [5, 5.41) is 2.98. The van der Waals surface area contributed by atoms with Crippen molar-refractivity contribution in [3.8, 4) is 11.4 Å². The first-order valence-electron chi connectivity index (χ1n) is 11.2. The number of rotatable bonds is 1. The van der Waals surface area contributed by atoms with Crippen LogP contribution < -0.4 is 0 Å². The summed E-state index contributed by atoms with van der Waals surface area (Å²) in [6.45, 7) is 6.51. The number of fused-ring (bicyclic) bond motifs is 8. The number of aromatic nitrogens is 2. The highest BCUT2D eigenvalue weighted by Gasteiger charge is 2.32. The maximum Gasteiger partial charge on any atom is 0.416 e. The SMILES string of the molecule is Cc1coc2c3ccc4c(c3c3nc(-c5cccc(C(F)(F)F)c5)[nH]c3c12)CCCC4(C)C. The molecule has 2 heterocycles. The number of hydrogen-bond donors (Lipinski definition) is 1. The Morgan fingerprint density at radius 1 is 1.09 bits per heavy atom. The van der Waals surface area contributed by atoms with Gasteiger partial charge in [0.2, 0.25) is 0 Å². The van der Waals surface area contributed by atoms with Gasteiger partial charge in [-0.25, -0.2) is 4.98 Å². The molecule has 0 unspecified atom stereocenters. The number of benzene rings is 3. The van der Waals surface area contributed by atoms with E-state index in [9.17, 15) is 13.2 Å². The average Bonchev–Trinajstić information content (AvgIpc) is 3.37. The molecule has 3 aromatic carbocycles. The molecule has 33 heavy (non-hydrogen) atoms. The molecule has 0 bridgehead atoms. The maximum absolute atomic E-state index is 13.3. The quantitative estimate of drug-likeness (QED) is 0.282. The lowest BCUT2D eigenvalue weighted by Gasteiger charge is -2.33. The normalized spacial score (nSPS) is 16.1. The topological polar surface area (TPSA) is 41.8 Å². The van der Waals surface area contributed by atoms with Gasteiger partial charge in [0, 0.05) is 21.7 Å². The molecule has 6 heteroatoms. The summed E-state index contributed by atoms with van der Waals surface area (Å²) < 4.78 is 46.0. The van der Waals surface area contributed by atoms with Crippen molar-refractivity contribution in [2.24, 2.45) is 0 Å². The third-order valence-electron chi connectivity index (χ3n) is 7.14. The number of H-pyrrole nitrogens is 1. The van der Waals surface area contributed by atoms with Crippen molar-refractivity contribution in [2.45, 2.75) is 51.6 Å². The molecule has 5 aromatic rings. The van der Waals surface area contributed by atoms with Crippen molar-refractivity contribution in [1.29, 1.82) is 0 Å². The second-order valence-corrected chi connectivity index (χ2v) is 9.76. The number of hydrogen-bond acceptors (Lipinski definition) is 2. The molecule has 1 N–H and O–H groups in total. The standard InChI is InChI=1S/C27H23F3N2O/c1-14-13-33-24-18-9-10-19-17(8-5-11-26(19,2)3)21(18)23-22(20(14)24)31-25(32-23)15-6-4-7-16(12-15)27(28,29)30/h4,6-7,9-10,12-13H,5,8,11H2,1-3H3,(H,31,32). The third-order valence-corrected chi connectivity index (χ3v) is 7.14. The molecule has 0 saturated heterocycles. The van der Waals surface area contributed by atoms with Crippen LogP contribution in [0.5, 0.6) is 0 Å². The van der Waals surface area contributed by atoms with E-state index < -0.39 is 11.7 Å². The summed E-state index contributed by atoms with van der Waals surface area (Å²) in [7, 11) is 0. The lowest BCUT2D eigenvalue weighted by Crippen LogP contribution is -2.23. The molecule has 0 fully saturated rings. The summed E-state index contributed by atoms with van der Waals surface area (Å²) in [5.74, 6) is 0.429. The number of furan rings is 1. The van der Waals surface area contributed by atoms with Gasteiger partial charge in [0.1, 0.15) is 11.4 Å². The van der Waals surface area contributed by atoms with Crippen molar-refractivity contribution < 1.29 is 17.6 Å². The van der Waals surface area contributed by atoms with Crippen LogP contribution in [0.3, 0.4) is 0 Å². The van der Waals surface area contributed by atoms with Gasteiger partial charge in [-0.3, -0.25) is 0 Å². The van der Waals surface area contributed by atoms with Crippen LogP contribution in [0.1, 0.15) is 48.9 Å². The van der Waals surface area contributed by atoms with Crippen LogP contribution in [0, 0.1) is 6.92 Å². The van der Waals surface area contributed by atoms with E-state index in [0.717, 1.165) is 69.7 Å². The molecule has 2 aromatic heterocycles. The van der Waals surface area contributed by atoms with Gasteiger partial charge in [0.15, 0.2) is 0 Å². The molecule has 3 nitrogen and oxygen atoms in total. The number of nitrogens with one attached hydrogen (secondary N) is 1. The maximum atomic E-state index is 13.3. The number of aryl methyl sites for hydroxylation is 2. The lowest BCUT2D eigenvalue weighted by atomic mass is 9.71. The van der Waals surface area contributed by atoms with E-state index >= 15 is 0 Å². The summed E-state index contributed by atoms with van der Waals surface area (Å²) >= 11 is 0. The van der Waals surface area contributed by atoms with Gasteiger partial charge in [0.25, 0.3) is 0 Å². The Hall–Kier alpha value is -3.28. The smallest absolute Gasteiger partial charge is 0.416 e. The first-order chi connectivity index (χ1) is 15.6. The van der Waals surface area contributed by atoms with E-state index in [-0.39, 0.29) is 5.41 Å². The summed E-state index contributed by atoms with van der Waals surface area (Å²) in [5.41, 5.74) is 5.73. The molecule has 0 saturated carbocycles. The Kier molecular flexibility index (Phi) is 4.08. The monoisotopic (exact) mass is 448 g/mol. The Labute approximate surface area is 188 Å². The zero-order valence-electron chi connectivity index (χ0n) is 18.7. The van der Waals surface area contributed by atoms with E-state index in [4.69, 9.17) is 9.40 Å².